The van der Waals surface area contributed by atoms with Crippen molar-refractivity contribution >= 4 is 0 Å². The summed E-state index contributed by atoms with van der Waals surface area (Å²) >= 11 is 0. The fourth-order valence-corrected chi connectivity index (χ4v) is 2.87. The van der Waals surface area contributed by atoms with Crippen LogP contribution in [0.15, 0.2) is 36.4 Å². The summed E-state index contributed by atoms with van der Waals surface area (Å²) in [6.45, 7) is 2.26. The normalized spacial score (nSPS) is 15.8. The Morgan fingerprint density at radius 1 is 1.00 bits per heavy atom. The standard InChI is InChI=1S/C19H19F3/c1-19(8-9-19)7-3-5-13-4-2-6-17(18(13)22)14-10-15(20)12-16(21)11-14/h2,4,6,10-12H,3,5,7-9H2,1H3. The van der Waals surface area contributed by atoms with E-state index in [1.807, 2.05) is 0 Å². The predicted molar refractivity (Wildman–Crippen MR) is 82.0 cm³/mol. The van der Waals surface area contributed by atoms with E-state index >= 15 is 0 Å². The van der Waals surface area contributed by atoms with E-state index in [9.17, 15) is 13.2 Å². The number of halogens is 3. The van der Waals surface area contributed by atoms with Crippen LogP contribution in [0.25, 0.3) is 11.1 Å². The highest BCUT2D eigenvalue weighted by atomic mass is 19.1. The third kappa shape index (κ3) is 3.34. The highest BCUT2D eigenvalue weighted by molar-refractivity contribution is 5.65. The first-order valence-electron chi connectivity index (χ1n) is 7.71. The molecule has 3 rings (SSSR count). The molecular formula is C19H19F3. The van der Waals surface area contributed by atoms with Crippen LogP contribution in [-0.2, 0) is 6.42 Å². The van der Waals surface area contributed by atoms with Crippen molar-refractivity contribution in [1.82, 2.24) is 0 Å². The molecule has 3 heteroatoms. The lowest BCUT2D eigenvalue weighted by Gasteiger charge is -2.11. The lowest BCUT2D eigenvalue weighted by atomic mass is 9.96. The predicted octanol–water partition coefficient (Wildman–Crippen LogP) is 5.89. The lowest BCUT2D eigenvalue weighted by Crippen LogP contribution is -1.98. The van der Waals surface area contributed by atoms with E-state index in [-0.39, 0.29) is 16.9 Å². The van der Waals surface area contributed by atoms with Crippen molar-refractivity contribution in [3.8, 4) is 11.1 Å². The zero-order valence-electron chi connectivity index (χ0n) is 12.6. The van der Waals surface area contributed by atoms with Crippen LogP contribution in [0.4, 0.5) is 13.2 Å². The van der Waals surface area contributed by atoms with E-state index in [4.69, 9.17) is 0 Å². The van der Waals surface area contributed by atoms with Gasteiger partial charge in [0.2, 0.25) is 0 Å². The minimum atomic E-state index is -0.693. The average molecular weight is 304 g/mol. The maximum absolute atomic E-state index is 14.6. The fraction of sp³-hybridized carbons (Fsp3) is 0.368. The Bertz CT molecular complexity index is 667. The Balaban J connectivity index is 1.81. The third-order valence-electron chi connectivity index (χ3n) is 4.58. The number of rotatable bonds is 5. The molecule has 2 aromatic carbocycles. The van der Waals surface area contributed by atoms with Gasteiger partial charge in [0.25, 0.3) is 0 Å². The van der Waals surface area contributed by atoms with Crippen LogP contribution in [0.1, 0.15) is 38.2 Å². The molecule has 0 aromatic heterocycles. The third-order valence-corrected chi connectivity index (χ3v) is 4.58. The van der Waals surface area contributed by atoms with Crippen molar-refractivity contribution in [2.75, 3.05) is 0 Å². The molecule has 0 amide bonds. The molecule has 0 unspecified atom stereocenters. The molecule has 0 radical (unpaired) electrons. The molecule has 1 fully saturated rings. The lowest BCUT2D eigenvalue weighted by molar-refractivity contribution is 0.489. The van der Waals surface area contributed by atoms with Gasteiger partial charge in [-0.2, -0.15) is 0 Å². The van der Waals surface area contributed by atoms with Crippen molar-refractivity contribution < 1.29 is 13.2 Å². The van der Waals surface area contributed by atoms with E-state index in [1.165, 1.54) is 12.8 Å². The smallest absolute Gasteiger partial charge is 0.134 e. The van der Waals surface area contributed by atoms with E-state index < -0.39 is 11.6 Å². The maximum Gasteiger partial charge on any atom is 0.134 e. The number of hydrogen-bond donors (Lipinski definition) is 0. The summed E-state index contributed by atoms with van der Waals surface area (Å²) in [6, 6.07) is 8.18. The molecular weight excluding hydrogens is 285 g/mol. The molecule has 1 saturated carbocycles. The molecule has 0 N–H and O–H groups in total. The first-order valence-corrected chi connectivity index (χ1v) is 7.71. The molecule has 0 atom stereocenters. The van der Waals surface area contributed by atoms with Crippen LogP contribution in [-0.4, -0.2) is 0 Å². The van der Waals surface area contributed by atoms with Crippen LogP contribution < -0.4 is 0 Å². The highest BCUT2D eigenvalue weighted by Crippen LogP contribution is 2.49. The molecule has 1 aliphatic carbocycles. The van der Waals surface area contributed by atoms with Crippen molar-refractivity contribution in [1.29, 1.82) is 0 Å². The SMILES string of the molecule is CC1(CCCc2cccc(-c3cc(F)cc(F)c3)c2F)CC1. The van der Waals surface area contributed by atoms with E-state index in [1.54, 1.807) is 18.2 Å². The van der Waals surface area contributed by atoms with Crippen molar-refractivity contribution in [3.63, 3.8) is 0 Å². The van der Waals surface area contributed by atoms with Crippen molar-refractivity contribution in [2.45, 2.75) is 39.0 Å². The first kappa shape index (κ1) is 15.1. The molecule has 0 bridgehead atoms. The Labute approximate surface area is 129 Å². The molecule has 1 aliphatic rings. The molecule has 22 heavy (non-hydrogen) atoms. The molecule has 0 heterocycles. The maximum atomic E-state index is 14.6. The zero-order valence-corrected chi connectivity index (χ0v) is 12.6. The molecule has 0 nitrogen and oxygen atoms in total. The second-order valence-corrected chi connectivity index (χ2v) is 6.60. The van der Waals surface area contributed by atoms with Crippen LogP contribution in [0.3, 0.4) is 0 Å². The number of hydrogen-bond acceptors (Lipinski definition) is 0. The van der Waals surface area contributed by atoms with Crippen molar-refractivity contribution in [2.24, 2.45) is 5.41 Å². The minimum absolute atomic E-state index is 0.242. The summed E-state index contributed by atoms with van der Waals surface area (Å²) in [6.07, 6.45) is 5.23. The van der Waals surface area contributed by atoms with Crippen molar-refractivity contribution in [3.05, 3.63) is 59.4 Å². The molecule has 0 saturated heterocycles. The largest absolute Gasteiger partial charge is 0.207 e. The van der Waals surface area contributed by atoms with Gasteiger partial charge >= 0.3 is 0 Å². The second-order valence-electron chi connectivity index (χ2n) is 6.60. The highest BCUT2D eigenvalue weighted by Gasteiger charge is 2.36. The van der Waals surface area contributed by atoms with Gasteiger partial charge < -0.3 is 0 Å². The van der Waals surface area contributed by atoms with Crippen LogP contribution in [0.5, 0.6) is 0 Å². The molecule has 116 valence electrons. The summed E-state index contributed by atoms with van der Waals surface area (Å²) in [4.78, 5) is 0. The summed E-state index contributed by atoms with van der Waals surface area (Å²) in [5, 5.41) is 0. The summed E-state index contributed by atoms with van der Waals surface area (Å²) in [5.41, 5.74) is 1.57. The summed E-state index contributed by atoms with van der Waals surface area (Å²) in [5.74, 6) is -1.75. The topological polar surface area (TPSA) is 0 Å². The van der Waals surface area contributed by atoms with Gasteiger partial charge in [-0.25, -0.2) is 13.2 Å². The van der Waals surface area contributed by atoms with E-state index in [0.717, 1.165) is 31.0 Å². The van der Waals surface area contributed by atoms with Gasteiger partial charge in [0.1, 0.15) is 17.5 Å². The monoisotopic (exact) mass is 304 g/mol. The van der Waals surface area contributed by atoms with Gasteiger partial charge in [0.05, 0.1) is 0 Å². The van der Waals surface area contributed by atoms with Gasteiger partial charge in [-0.3, -0.25) is 0 Å². The Morgan fingerprint density at radius 3 is 2.32 bits per heavy atom. The van der Waals surface area contributed by atoms with E-state index in [0.29, 0.717) is 17.4 Å². The van der Waals surface area contributed by atoms with Gasteiger partial charge in [-0.1, -0.05) is 25.1 Å². The van der Waals surface area contributed by atoms with Gasteiger partial charge in [-0.05, 0) is 60.8 Å². The van der Waals surface area contributed by atoms with E-state index in [2.05, 4.69) is 6.92 Å². The Morgan fingerprint density at radius 2 is 1.68 bits per heavy atom. The zero-order chi connectivity index (χ0) is 15.7. The van der Waals surface area contributed by atoms with Gasteiger partial charge in [-0.15, -0.1) is 0 Å². The first-order chi connectivity index (χ1) is 10.5. The summed E-state index contributed by atoms with van der Waals surface area (Å²) in [7, 11) is 0. The minimum Gasteiger partial charge on any atom is -0.207 e. The van der Waals surface area contributed by atoms with Crippen LogP contribution >= 0.6 is 0 Å². The Hall–Kier alpha value is -1.77. The van der Waals surface area contributed by atoms with Crippen LogP contribution in [0.2, 0.25) is 0 Å². The molecule has 0 spiro atoms. The quantitative estimate of drug-likeness (QED) is 0.645. The number of benzene rings is 2. The fourth-order valence-electron chi connectivity index (χ4n) is 2.87. The van der Waals surface area contributed by atoms with Gasteiger partial charge in [0.15, 0.2) is 0 Å². The summed E-state index contributed by atoms with van der Waals surface area (Å²) < 4.78 is 41.3. The van der Waals surface area contributed by atoms with Crippen LogP contribution in [0, 0.1) is 22.9 Å². The van der Waals surface area contributed by atoms with Gasteiger partial charge in [0, 0.05) is 11.6 Å². The molecule has 0 aliphatic heterocycles. The number of aryl methyl sites for hydroxylation is 1. The Kier molecular flexibility index (Phi) is 3.98. The molecule has 2 aromatic rings. The average Bonchev–Trinajstić information content (AvgIpc) is 3.17. The second kappa shape index (κ2) is 5.79.